The Morgan fingerprint density at radius 2 is 1.54 bits per heavy atom. The maximum absolute atomic E-state index is 13.0. The molecular formula is C22H18FNO2. The quantitative estimate of drug-likeness (QED) is 0.724. The summed E-state index contributed by atoms with van der Waals surface area (Å²) in [7, 11) is 0. The van der Waals surface area contributed by atoms with Gasteiger partial charge < -0.3 is 10.5 Å². The number of ether oxygens (including phenoxy) is 1. The second kappa shape index (κ2) is 6.73. The van der Waals surface area contributed by atoms with Crippen LogP contribution in [0.1, 0.15) is 33.2 Å². The fraction of sp³-hybridized carbons (Fsp3) is 0.136. The number of carbonyl (C=O) groups is 1. The molecular weight excluding hydrogens is 329 g/mol. The third-order valence-corrected chi connectivity index (χ3v) is 4.69. The maximum Gasteiger partial charge on any atom is 0.193 e. The molecule has 0 saturated carbocycles. The fourth-order valence-corrected chi connectivity index (χ4v) is 3.34. The van der Waals surface area contributed by atoms with Crippen molar-refractivity contribution in [1.82, 2.24) is 0 Å². The molecule has 1 aliphatic carbocycles. The lowest BCUT2D eigenvalue weighted by Crippen LogP contribution is -2.28. The Balaban J connectivity index is 1.52. The van der Waals surface area contributed by atoms with Gasteiger partial charge in [0.25, 0.3) is 0 Å². The zero-order valence-electron chi connectivity index (χ0n) is 14.1. The normalized spacial score (nSPS) is 18.4. The van der Waals surface area contributed by atoms with E-state index in [-0.39, 0.29) is 23.7 Å². The first-order chi connectivity index (χ1) is 12.6. The molecule has 130 valence electrons. The molecule has 3 aromatic carbocycles. The van der Waals surface area contributed by atoms with Gasteiger partial charge in [0.1, 0.15) is 17.7 Å². The Morgan fingerprint density at radius 3 is 2.23 bits per heavy atom. The summed E-state index contributed by atoms with van der Waals surface area (Å²) in [4.78, 5) is 12.4. The Bertz CT molecular complexity index is 935. The first-order valence-corrected chi connectivity index (χ1v) is 8.52. The monoisotopic (exact) mass is 347 g/mol. The zero-order chi connectivity index (χ0) is 18.1. The minimum Gasteiger partial charge on any atom is -0.484 e. The van der Waals surface area contributed by atoms with E-state index < -0.39 is 0 Å². The van der Waals surface area contributed by atoms with E-state index in [9.17, 15) is 9.18 Å². The van der Waals surface area contributed by atoms with Crippen LogP contribution in [0.15, 0.2) is 72.8 Å². The Morgan fingerprint density at radius 1 is 0.923 bits per heavy atom. The molecule has 4 rings (SSSR count). The van der Waals surface area contributed by atoms with E-state index in [1.165, 1.54) is 29.8 Å². The minimum atomic E-state index is -0.363. The highest BCUT2D eigenvalue weighted by atomic mass is 19.1. The minimum absolute atomic E-state index is 0.0899. The molecule has 26 heavy (non-hydrogen) atoms. The van der Waals surface area contributed by atoms with Gasteiger partial charge in [0.2, 0.25) is 0 Å². The summed E-state index contributed by atoms with van der Waals surface area (Å²) < 4.78 is 19.1. The molecule has 4 heteroatoms. The maximum atomic E-state index is 13.0. The van der Waals surface area contributed by atoms with Crippen LogP contribution in [0.25, 0.3) is 0 Å². The highest BCUT2D eigenvalue weighted by molar-refractivity contribution is 6.08. The average molecular weight is 347 g/mol. The molecule has 0 spiro atoms. The lowest BCUT2D eigenvalue weighted by molar-refractivity contribution is 0.103. The summed E-state index contributed by atoms with van der Waals surface area (Å²) in [6.45, 7) is 0. The molecule has 0 heterocycles. The van der Waals surface area contributed by atoms with Gasteiger partial charge in [0.15, 0.2) is 5.78 Å². The third-order valence-electron chi connectivity index (χ3n) is 4.69. The van der Waals surface area contributed by atoms with Crippen molar-refractivity contribution in [2.75, 3.05) is 0 Å². The second-order valence-electron chi connectivity index (χ2n) is 6.47. The summed E-state index contributed by atoms with van der Waals surface area (Å²) in [5.74, 6) is 0.149. The summed E-state index contributed by atoms with van der Waals surface area (Å²) in [5, 5.41) is 0. The van der Waals surface area contributed by atoms with Crippen LogP contribution in [-0.2, 0) is 6.42 Å². The number of hydrogen-bond acceptors (Lipinski definition) is 3. The van der Waals surface area contributed by atoms with Crippen LogP contribution in [-0.4, -0.2) is 11.8 Å². The Labute approximate surface area is 151 Å². The Hall–Kier alpha value is -2.98. The average Bonchev–Trinajstić information content (AvgIpc) is 2.98. The van der Waals surface area contributed by atoms with Crippen molar-refractivity contribution in [1.29, 1.82) is 0 Å². The largest absolute Gasteiger partial charge is 0.484 e. The van der Waals surface area contributed by atoms with Crippen LogP contribution in [0, 0.1) is 5.82 Å². The van der Waals surface area contributed by atoms with Crippen LogP contribution in [0.3, 0.4) is 0 Å². The molecule has 3 nitrogen and oxygen atoms in total. The zero-order valence-corrected chi connectivity index (χ0v) is 14.1. The molecule has 2 unspecified atom stereocenters. The molecule has 2 N–H and O–H groups in total. The van der Waals surface area contributed by atoms with Gasteiger partial charge >= 0.3 is 0 Å². The fourth-order valence-electron chi connectivity index (χ4n) is 3.34. The molecule has 3 aromatic rings. The standard InChI is InChI=1S/C22H18FNO2/c23-17-9-5-14(6-10-17)21(25)15-7-11-18(12-8-15)26-22-19-4-2-1-3-16(19)13-20(22)24/h1-12,20,22H,13,24H2. The smallest absolute Gasteiger partial charge is 0.193 e. The molecule has 0 radical (unpaired) electrons. The number of fused-ring (bicyclic) bond motifs is 1. The number of carbonyl (C=O) groups excluding carboxylic acids is 1. The molecule has 1 aliphatic rings. The molecule has 0 amide bonds. The van der Waals surface area contributed by atoms with Crippen molar-refractivity contribution in [3.63, 3.8) is 0 Å². The number of ketones is 1. The van der Waals surface area contributed by atoms with Crippen LogP contribution in [0.4, 0.5) is 4.39 Å². The number of nitrogens with two attached hydrogens (primary N) is 1. The lowest BCUT2D eigenvalue weighted by atomic mass is 10.0. The molecule has 0 fully saturated rings. The summed E-state index contributed by atoms with van der Waals surface area (Å²) in [6.07, 6.45) is 0.604. The lowest BCUT2D eigenvalue weighted by Gasteiger charge is -2.19. The molecule has 0 saturated heterocycles. The number of hydrogen-bond donors (Lipinski definition) is 1. The van der Waals surface area contributed by atoms with Crippen molar-refractivity contribution >= 4 is 5.78 Å². The number of rotatable bonds is 4. The van der Waals surface area contributed by atoms with Gasteiger partial charge in [-0.2, -0.15) is 0 Å². The van der Waals surface area contributed by atoms with E-state index in [0.717, 1.165) is 12.0 Å². The van der Waals surface area contributed by atoms with Crippen molar-refractivity contribution in [3.8, 4) is 5.75 Å². The van der Waals surface area contributed by atoms with Crippen molar-refractivity contribution in [2.45, 2.75) is 18.6 Å². The van der Waals surface area contributed by atoms with E-state index in [1.54, 1.807) is 24.3 Å². The predicted octanol–water partition coefficient (Wildman–Crippen LogP) is 4.06. The van der Waals surface area contributed by atoms with Crippen LogP contribution < -0.4 is 10.5 Å². The predicted molar refractivity (Wildman–Crippen MR) is 97.8 cm³/mol. The number of halogens is 1. The molecule has 0 aliphatic heterocycles. The van der Waals surface area contributed by atoms with Crippen LogP contribution >= 0.6 is 0 Å². The van der Waals surface area contributed by atoms with E-state index >= 15 is 0 Å². The van der Waals surface area contributed by atoms with Gasteiger partial charge in [-0.25, -0.2) is 4.39 Å². The summed E-state index contributed by atoms with van der Waals surface area (Å²) >= 11 is 0. The molecule has 2 atom stereocenters. The van der Waals surface area contributed by atoms with E-state index in [0.29, 0.717) is 16.9 Å². The van der Waals surface area contributed by atoms with Crippen molar-refractivity contribution in [2.24, 2.45) is 5.73 Å². The summed E-state index contributed by atoms with van der Waals surface area (Å²) in [6, 6.07) is 20.5. The highest BCUT2D eigenvalue weighted by Gasteiger charge is 2.31. The van der Waals surface area contributed by atoms with Crippen LogP contribution in [0.5, 0.6) is 5.75 Å². The third kappa shape index (κ3) is 3.11. The van der Waals surface area contributed by atoms with Crippen LogP contribution in [0.2, 0.25) is 0 Å². The SMILES string of the molecule is NC1Cc2ccccc2C1Oc1ccc(C(=O)c2ccc(F)cc2)cc1. The van der Waals surface area contributed by atoms with Gasteiger partial charge in [-0.3, -0.25) is 4.79 Å². The van der Waals surface area contributed by atoms with Gasteiger partial charge in [0.05, 0.1) is 0 Å². The summed E-state index contributed by atoms with van der Waals surface area (Å²) in [5.41, 5.74) is 9.55. The Kier molecular flexibility index (Phi) is 4.27. The van der Waals surface area contributed by atoms with E-state index in [1.807, 2.05) is 18.2 Å². The number of benzene rings is 3. The van der Waals surface area contributed by atoms with Gasteiger partial charge in [-0.1, -0.05) is 24.3 Å². The first-order valence-electron chi connectivity index (χ1n) is 8.52. The second-order valence-corrected chi connectivity index (χ2v) is 6.47. The van der Waals surface area contributed by atoms with Crippen molar-refractivity contribution < 1.29 is 13.9 Å². The van der Waals surface area contributed by atoms with E-state index in [2.05, 4.69) is 6.07 Å². The molecule has 0 aromatic heterocycles. The molecule has 0 bridgehead atoms. The van der Waals surface area contributed by atoms with Crippen molar-refractivity contribution in [3.05, 3.63) is 101 Å². The van der Waals surface area contributed by atoms with Gasteiger partial charge in [0, 0.05) is 17.2 Å². The first kappa shape index (κ1) is 16.5. The van der Waals surface area contributed by atoms with Gasteiger partial charge in [-0.15, -0.1) is 0 Å². The topological polar surface area (TPSA) is 52.3 Å². The van der Waals surface area contributed by atoms with Gasteiger partial charge in [-0.05, 0) is 66.1 Å². The highest BCUT2D eigenvalue weighted by Crippen LogP contribution is 2.34. The van der Waals surface area contributed by atoms with E-state index in [4.69, 9.17) is 10.5 Å².